The topological polar surface area (TPSA) is 187 Å². The van der Waals surface area contributed by atoms with Gasteiger partial charge in [-0.1, -0.05) is 26.8 Å². The number of epoxide rings is 1. The van der Waals surface area contributed by atoms with Gasteiger partial charge in [0.05, 0.1) is 31.0 Å². The summed E-state index contributed by atoms with van der Waals surface area (Å²) >= 11 is 0. The zero-order valence-corrected chi connectivity index (χ0v) is 31.4. The van der Waals surface area contributed by atoms with E-state index in [1.54, 1.807) is 39.8 Å². The molecule has 0 aromatic carbocycles. The standard InChI is InChI=1S/C37H56O15/c1-17-10-13-27(39)47-21(5)24(16-45-34-32(44-9)31(43-8)28(40)22(6)48-34)30-26(50-30)12-11-25(38)18(2)14-19(3)29(17)51-35-33(41)37(15-20(4)46-35)23(7)49-36(42)52-37/h10-13,17-24,26,28-35,40-41H,14-16H2,1-9H3/b12-11-,13-10+/t17-,18+,19-,20+,21+,22+,23-,24+,26-,28+,29+,30-,31+,32+,33-,34+,35-,37-/m0/s1. The highest BCUT2D eigenvalue weighted by atomic mass is 16.8. The molecule has 0 amide bonds. The summed E-state index contributed by atoms with van der Waals surface area (Å²) in [5.74, 6) is -2.20. The molecular weight excluding hydrogens is 684 g/mol. The highest BCUT2D eigenvalue weighted by molar-refractivity contribution is 5.91. The van der Waals surface area contributed by atoms with Gasteiger partial charge in [-0.15, -0.1) is 0 Å². The van der Waals surface area contributed by atoms with Gasteiger partial charge in [0.15, 0.2) is 24.0 Å². The van der Waals surface area contributed by atoms with Crippen LogP contribution in [0.1, 0.15) is 61.3 Å². The Morgan fingerprint density at radius 3 is 2.19 bits per heavy atom. The average Bonchev–Trinajstić information content (AvgIpc) is 3.79. The van der Waals surface area contributed by atoms with E-state index in [9.17, 15) is 24.6 Å². The van der Waals surface area contributed by atoms with Gasteiger partial charge in [0.25, 0.3) is 0 Å². The van der Waals surface area contributed by atoms with Crippen LogP contribution in [0.15, 0.2) is 24.3 Å². The van der Waals surface area contributed by atoms with Crippen molar-refractivity contribution >= 4 is 17.9 Å². The van der Waals surface area contributed by atoms with Crippen molar-refractivity contribution in [3.63, 3.8) is 0 Å². The van der Waals surface area contributed by atoms with Crippen LogP contribution in [0.3, 0.4) is 0 Å². The Labute approximate surface area is 305 Å². The van der Waals surface area contributed by atoms with Gasteiger partial charge in [0, 0.05) is 44.5 Å². The second-order valence-corrected chi connectivity index (χ2v) is 15.0. The monoisotopic (exact) mass is 740 g/mol. The highest BCUT2D eigenvalue weighted by Gasteiger charge is 2.61. The van der Waals surface area contributed by atoms with E-state index >= 15 is 0 Å². The van der Waals surface area contributed by atoms with Gasteiger partial charge < -0.3 is 57.6 Å². The Bertz CT molecular complexity index is 1320. The fraction of sp³-hybridized carbons (Fsp3) is 0.811. The zero-order chi connectivity index (χ0) is 38.1. The number of hydrogen-bond acceptors (Lipinski definition) is 15. The Morgan fingerprint density at radius 2 is 1.54 bits per heavy atom. The van der Waals surface area contributed by atoms with Crippen molar-refractivity contribution in [3.8, 4) is 0 Å². The summed E-state index contributed by atoms with van der Waals surface area (Å²) in [6, 6.07) is 0. The molecule has 5 rings (SSSR count). The van der Waals surface area contributed by atoms with Crippen LogP contribution in [0.2, 0.25) is 0 Å². The van der Waals surface area contributed by atoms with Crippen LogP contribution in [-0.2, 0) is 57.0 Å². The van der Waals surface area contributed by atoms with Crippen molar-refractivity contribution in [1.29, 1.82) is 0 Å². The van der Waals surface area contributed by atoms with Crippen molar-refractivity contribution in [1.82, 2.24) is 0 Å². The predicted octanol–water partition coefficient (Wildman–Crippen LogP) is 2.62. The molecule has 294 valence electrons. The number of aliphatic hydroxyl groups excluding tert-OH is 2. The molecule has 2 N–H and O–H groups in total. The van der Waals surface area contributed by atoms with E-state index < -0.39 is 115 Å². The number of hydrogen-bond donors (Lipinski definition) is 2. The molecular formula is C37H56O15. The maximum Gasteiger partial charge on any atom is 0.509 e. The third-order valence-corrected chi connectivity index (χ3v) is 11.2. The van der Waals surface area contributed by atoms with Crippen LogP contribution in [-0.4, -0.2) is 134 Å². The van der Waals surface area contributed by atoms with Crippen molar-refractivity contribution in [2.45, 2.75) is 147 Å². The Balaban J connectivity index is 1.34. The van der Waals surface area contributed by atoms with Crippen LogP contribution < -0.4 is 0 Å². The summed E-state index contributed by atoms with van der Waals surface area (Å²) in [5, 5.41) is 22.0. The first-order chi connectivity index (χ1) is 24.6. The Kier molecular flexibility index (Phi) is 13.2. The zero-order valence-electron chi connectivity index (χ0n) is 31.4. The van der Waals surface area contributed by atoms with Crippen LogP contribution in [0.4, 0.5) is 4.79 Å². The lowest BCUT2D eigenvalue weighted by Crippen LogP contribution is -2.62. The molecule has 15 heteroatoms. The van der Waals surface area contributed by atoms with E-state index in [1.165, 1.54) is 26.4 Å². The van der Waals surface area contributed by atoms with Crippen molar-refractivity contribution in [2.24, 2.45) is 23.7 Å². The molecule has 0 aromatic rings. The molecule has 15 nitrogen and oxygen atoms in total. The van der Waals surface area contributed by atoms with Crippen molar-refractivity contribution < 1.29 is 72.0 Å². The first kappa shape index (κ1) is 40.7. The number of esters is 1. The third-order valence-electron chi connectivity index (χ3n) is 11.2. The highest BCUT2D eigenvalue weighted by Crippen LogP contribution is 2.42. The lowest BCUT2D eigenvalue weighted by atomic mass is 9.82. The largest absolute Gasteiger partial charge is 0.509 e. The van der Waals surface area contributed by atoms with E-state index in [4.69, 9.17) is 47.4 Å². The van der Waals surface area contributed by atoms with Crippen LogP contribution >= 0.6 is 0 Å². The van der Waals surface area contributed by atoms with Crippen LogP contribution in [0.5, 0.6) is 0 Å². The third kappa shape index (κ3) is 8.74. The molecule has 5 aliphatic rings. The summed E-state index contributed by atoms with van der Waals surface area (Å²) in [6.45, 7) is 12.6. The Morgan fingerprint density at radius 1 is 0.827 bits per heavy atom. The molecule has 5 heterocycles. The van der Waals surface area contributed by atoms with E-state index in [0.717, 1.165) is 0 Å². The SMILES string of the molecule is CO[C@@H]1[C@H](O)[C@@H](C)O[C@@H](OC[C@H]2[C@@H]3O[C@H]3/C=C\C(=O)[C@H](C)C[C@H](C)[C@H](O[C@@H]3O[C@H](C)C[C@@]4(OC(=O)O[C@H]4C)[C@H]3O)[C@@H](C)/C=C/C(=O)O[C@@H]2C)[C@@H]1OC. The molecule has 52 heavy (non-hydrogen) atoms. The van der Waals surface area contributed by atoms with Crippen LogP contribution in [0.25, 0.3) is 0 Å². The molecule has 0 aliphatic carbocycles. The molecule has 1 spiro atoms. The van der Waals surface area contributed by atoms with Gasteiger partial charge in [-0.05, 0) is 52.2 Å². The van der Waals surface area contributed by atoms with Gasteiger partial charge in [-0.2, -0.15) is 0 Å². The minimum Gasteiger partial charge on any atom is -0.459 e. The summed E-state index contributed by atoms with van der Waals surface area (Å²) in [5.41, 5.74) is -1.35. The molecule has 0 radical (unpaired) electrons. The van der Waals surface area contributed by atoms with Crippen molar-refractivity contribution in [3.05, 3.63) is 24.3 Å². The van der Waals surface area contributed by atoms with Gasteiger partial charge >= 0.3 is 12.1 Å². The minimum atomic E-state index is -1.36. The lowest BCUT2D eigenvalue weighted by Gasteiger charge is -2.46. The average molecular weight is 741 g/mol. The molecule has 0 bridgehead atoms. The molecule has 18 atom stereocenters. The number of ether oxygens (including phenoxy) is 10. The molecule has 0 aromatic heterocycles. The minimum absolute atomic E-state index is 0.0493. The molecule has 0 saturated carbocycles. The molecule has 5 aliphatic heterocycles. The summed E-state index contributed by atoms with van der Waals surface area (Å²) < 4.78 is 58.3. The van der Waals surface area contributed by atoms with E-state index in [-0.39, 0.29) is 24.7 Å². The van der Waals surface area contributed by atoms with Gasteiger partial charge in [0.1, 0.15) is 42.7 Å². The first-order valence-corrected chi connectivity index (χ1v) is 18.3. The number of cyclic esters (lactones) is 2. The number of fused-ring (bicyclic) bond motifs is 1. The number of ketones is 1. The lowest BCUT2D eigenvalue weighted by molar-refractivity contribution is -0.308. The number of methoxy groups -OCH3 is 2. The summed E-state index contributed by atoms with van der Waals surface area (Å²) in [7, 11) is 2.96. The fourth-order valence-electron chi connectivity index (χ4n) is 7.99. The van der Waals surface area contributed by atoms with E-state index in [0.29, 0.717) is 6.42 Å². The molecule has 4 fully saturated rings. The second kappa shape index (κ2) is 16.9. The predicted molar refractivity (Wildman–Crippen MR) is 181 cm³/mol. The molecule has 0 unspecified atom stereocenters. The van der Waals surface area contributed by atoms with Gasteiger partial charge in [0.2, 0.25) is 0 Å². The summed E-state index contributed by atoms with van der Waals surface area (Å²) in [4.78, 5) is 38.7. The van der Waals surface area contributed by atoms with Gasteiger partial charge in [-0.25, -0.2) is 9.59 Å². The number of carbonyl (C=O) groups is 3. The number of allylic oxidation sites excluding steroid dienone is 1. The quantitative estimate of drug-likeness (QED) is 0.286. The normalized spacial score (nSPS) is 48.7. The van der Waals surface area contributed by atoms with Crippen LogP contribution in [0, 0.1) is 23.7 Å². The number of rotatable bonds is 7. The first-order valence-electron chi connectivity index (χ1n) is 18.3. The fourth-order valence-corrected chi connectivity index (χ4v) is 7.99. The molecule has 4 saturated heterocycles. The number of carbonyl (C=O) groups excluding carboxylic acids is 3. The summed E-state index contributed by atoms with van der Waals surface area (Å²) in [6.07, 6.45) is -3.65. The van der Waals surface area contributed by atoms with E-state index in [1.807, 2.05) is 20.8 Å². The maximum absolute atomic E-state index is 13.4. The van der Waals surface area contributed by atoms with E-state index in [2.05, 4.69) is 0 Å². The smallest absolute Gasteiger partial charge is 0.459 e. The Hall–Kier alpha value is -2.47. The van der Waals surface area contributed by atoms with Gasteiger partial charge in [-0.3, -0.25) is 4.79 Å². The second-order valence-electron chi connectivity index (χ2n) is 15.0. The number of aliphatic hydroxyl groups is 2. The maximum atomic E-state index is 13.4. The van der Waals surface area contributed by atoms with Crippen molar-refractivity contribution in [2.75, 3.05) is 20.8 Å².